The van der Waals surface area contributed by atoms with Gasteiger partial charge in [-0.15, -0.1) is 0 Å². The Kier molecular flexibility index (Phi) is 4.46. The first kappa shape index (κ1) is 14.5. The molecule has 2 aliphatic carbocycles. The van der Waals surface area contributed by atoms with Crippen molar-refractivity contribution in [3.05, 3.63) is 22.7 Å². The first-order valence-corrected chi connectivity index (χ1v) is 8.76. The van der Waals surface area contributed by atoms with Gasteiger partial charge in [0.2, 0.25) is 0 Å². The molecule has 2 aliphatic rings. The van der Waals surface area contributed by atoms with E-state index in [0.29, 0.717) is 5.02 Å². The van der Waals surface area contributed by atoms with E-state index in [1.165, 1.54) is 25.7 Å². The van der Waals surface area contributed by atoms with Crippen LogP contribution >= 0.6 is 27.5 Å². The largest absolute Gasteiger partial charge is 0.493 e. The standard InChI is InChI=1S/C16H20BrClO2/c1-19-15-7-14(18)6-12(8-17)16(15)20-9-13-5-10-2-3-11(13)4-10/h6-7,10-11,13H,2-5,8-9H2,1H3. The molecule has 0 amide bonds. The van der Waals surface area contributed by atoms with Gasteiger partial charge in [-0.1, -0.05) is 34.0 Å². The highest BCUT2D eigenvalue weighted by Crippen LogP contribution is 2.48. The van der Waals surface area contributed by atoms with Gasteiger partial charge in [-0.25, -0.2) is 0 Å². The van der Waals surface area contributed by atoms with Crippen LogP contribution in [-0.2, 0) is 5.33 Å². The summed E-state index contributed by atoms with van der Waals surface area (Å²) in [4.78, 5) is 0. The Labute approximate surface area is 133 Å². The molecule has 4 heteroatoms. The minimum absolute atomic E-state index is 0.684. The summed E-state index contributed by atoms with van der Waals surface area (Å²) in [6.45, 7) is 0.805. The quantitative estimate of drug-likeness (QED) is 0.684. The summed E-state index contributed by atoms with van der Waals surface area (Å²) in [5.41, 5.74) is 1.05. The topological polar surface area (TPSA) is 18.5 Å². The molecule has 3 rings (SSSR count). The van der Waals surface area contributed by atoms with Gasteiger partial charge in [0.1, 0.15) is 0 Å². The SMILES string of the molecule is COc1cc(Cl)cc(CBr)c1OCC1CC2CCC1C2. The molecule has 0 radical (unpaired) electrons. The van der Waals surface area contributed by atoms with Gasteiger partial charge in [-0.05, 0) is 43.1 Å². The molecule has 1 aromatic carbocycles. The highest BCUT2D eigenvalue weighted by atomic mass is 79.9. The van der Waals surface area contributed by atoms with Gasteiger partial charge in [0.25, 0.3) is 0 Å². The number of hydrogen-bond donors (Lipinski definition) is 0. The van der Waals surface area contributed by atoms with Crippen LogP contribution < -0.4 is 9.47 Å². The molecule has 0 spiro atoms. The third-order valence-electron chi connectivity index (χ3n) is 4.79. The van der Waals surface area contributed by atoms with E-state index in [4.69, 9.17) is 21.1 Å². The fourth-order valence-electron chi connectivity index (χ4n) is 3.81. The lowest BCUT2D eigenvalue weighted by atomic mass is 9.89. The number of ether oxygens (including phenoxy) is 2. The van der Waals surface area contributed by atoms with Gasteiger partial charge in [0, 0.05) is 22.0 Å². The third kappa shape index (κ3) is 2.80. The zero-order chi connectivity index (χ0) is 14.1. The number of methoxy groups -OCH3 is 1. The van der Waals surface area contributed by atoms with Gasteiger partial charge in [-0.2, -0.15) is 0 Å². The second kappa shape index (κ2) is 6.15. The lowest BCUT2D eigenvalue weighted by molar-refractivity contribution is 0.189. The average Bonchev–Trinajstić information content (AvgIpc) is 3.07. The molecule has 0 aliphatic heterocycles. The zero-order valence-electron chi connectivity index (χ0n) is 11.7. The Hall–Kier alpha value is -0.410. The predicted octanol–water partition coefficient (Wildman–Crippen LogP) is 5.06. The van der Waals surface area contributed by atoms with Crippen molar-refractivity contribution >= 4 is 27.5 Å². The molecule has 2 fully saturated rings. The molecule has 3 unspecified atom stereocenters. The van der Waals surface area contributed by atoms with Crippen molar-refractivity contribution in [1.82, 2.24) is 0 Å². The van der Waals surface area contributed by atoms with E-state index in [1.807, 2.05) is 12.1 Å². The maximum atomic E-state index is 6.13. The monoisotopic (exact) mass is 358 g/mol. The summed E-state index contributed by atoms with van der Waals surface area (Å²) < 4.78 is 11.5. The molecule has 0 heterocycles. The van der Waals surface area contributed by atoms with E-state index < -0.39 is 0 Å². The number of halogens is 2. The zero-order valence-corrected chi connectivity index (χ0v) is 14.0. The Morgan fingerprint density at radius 2 is 2.15 bits per heavy atom. The van der Waals surface area contributed by atoms with Crippen molar-refractivity contribution in [3.8, 4) is 11.5 Å². The lowest BCUT2D eigenvalue weighted by Gasteiger charge is -2.23. The molecular formula is C16H20BrClO2. The summed E-state index contributed by atoms with van der Waals surface area (Å²) in [6, 6.07) is 3.76. The second-order valence-corrected chi connectivity index (χ2v) is 6.97. The lowest BCUT2D eigenvalue weighted by Crippen LogP contribution is -2.19. The van der Waals surface area contributed by atoms with Gasteiger partial charge in [0.05, 0.1) is 13.7 Å². The normalized spacial score (nSPS) is 27.9. The van der Waals surface area contributed by atoms with Crippen molar-refractivity contribution in [2.45, 2.75) is 31.0 Å². The highest BCUT2D eigenvalue weighted by molar-refractivity contribution is 9.08. The summed E-state index contributed by atoms with van der Waals surface area (Å²) >= 11 is 9.60. The maximum Gasteiger partial charge on any atom is 0.165 e. The van der Waals surface area contributed by atoms with E-state index in [2.05, 4.69) is 15.9 Å². The van der Waals surface area contributed by atoms with E-state index in [9.17, 15) is 0 Å². The van der Waals surface area contributed by atoms with Crippen molar-refractivity contribution in [1.29, 1.82) is 0 Å². The molecular weight excluding hydrogens is 340 g/mol. The Bertz CT molecular complexity index is 466. The van der Waals surface area contributed by atoms with E-state index in [0.717, 1.165) is 46.8 Å². The predicted molar refractivity (Wildman–Crippen MR) is 85.1 cm³/mol. The number of benzene rings is 1. The van der Waals surface area contributed by atoms with Crippen molar-refractivity contribution in [2.24, 2.45) is 17.8 Å². The molecule has 0 aromatic heterocycles. The minimum Gasteiger partial charge on any atom is -0.493 e. The number of fused-ring (bicyclic) bond motifs is 2. The van der Waals surface area contributed by atoms with Crippen LogP contribution in [0.3, 0.4) is 0 Å². The molecule has 2 nitrogen and oxygen atoms in total. The van der Waals surface area contributed by atoms with Gasteiger partial charge >= 0.3 is 0 Å². The van der Waals surface area contributed by atoms with Crippen molar-refractivity contribution in [3.63, 3.8) is 0 Å². The smallest absolute Gasteiger partial charge is 0.165 e. The van der Waals surface area contributed by atoms with Crippen LogP contribution in [-0.4, -0.2) is 13.7 Å². The van der Waals surface area contributed by atoms with Crippen molar-refractivity contribution < 1.29 is 9.47 Å². The first-order valence-electron chi connectivity index (χ1n) is 7.26. The molecule has 110 valence electrons. The Balaban J connectivity index is 1.73. The van der Waals surface area contributed by atoms with Crippen LogP contribution in [0.15, 0.2) is 12.1 Å². The minimum atomic E-state index is 0.684. The molecule has 3 atom stereocenters. The molecule has 2 saturated carbocycles. The Morgan fingerprint density at radius 3 is 2.75 bits per heavy atom. The van der Waals surface area contributed by atoms with Crippen LogP contribution in [0.25, 0.3) is 0 Å². The number of rotatable bonds is 5. The fraction of sp³-hybridized carbons (Fsp3) is 0.625. The molecule has 1 aromatic rings. The van der Waals surface area contributed by atoms with Crippen LogP contribution in [0.4, 0.5) is 0 Å². The van der Waals surface area contributed by atoms with E-state index >= 15 is 0 Å². The first-order chi connectivity index (χ1) is 9.71. The van der Waals surface area contributed by atoms with Crippen LogP contribution in [0.5, 0.6) is 11.5 Å². The second-order valence-electron chi connectivity index (χ2n) is 5.98. The highest BCUT2D eigenvalue weighted by Gasteiger charge is 2.39. The summed E-state index contributed by atoms with van der Waals surface area (Å²) in [5, 5.41) is 1.40. The van der Waals surface area contributed by atoms with E-state index in [-0.39, 0.29) is 0 Å². The molecule has 0 N–H and O–H groups in total. The van der Waals surface area contributed by atoms with Crippen LogP contribution in [0, 0.1) is 17.8 Å². The fourth-order valence-corrected chi connectivity index (χ4v) is 4.46. The van der Waals surface area contributed by atoms with Gasteiger partial charge in [0.15, 0.2) is 11.5 Å². The summed E-state index contributed by atoms with van der Waals surface area (Å²) in [6.07, 6.45) is 5.57. The number of hydrogen-bond acceptors (Lipinski definition) is 2. The third-order valence-corrected chi connectivity index (χ3v) is 5.61. The van der Waals surface area contributed by atoms with Crippen LogP contribution in [0.1, 0.15) is 31.2 Å². The Morgan fingerprint density at radius 1 is 1.30 bits per heavy atom. The van der Waals surface area contributed by atoms with Gasteiger partial charge in [-0.3, -0.25) is 0 Å². The molecule has 0 saturated heterocycles. The van der Waals surface area contributed by atoms with E-state index in [1.54, 1.807) is 7.11 Å². The van der Waals surface area contributed by atoms with Crippen molar-refractivity contribution in [2.75, 3.05) is 13.7 Å². The van der Waals surface area contributed by atoms with Crippen LogP contribution in [0.2, 0.25) is 5.02 Å². The summed E-state index contributed by atoms with van der Waals surface area (Å²) in [5.74, 6) is 4.13. The maximum absolute atomic E-state index is 6.13. The molecule has 2 bridgehead atoms. The number of alkyl halides is 1. The average molecular weight is 360 g/mol. The molecule has 20 heavy (non-hydrogen) atoms. The summed E-state index contributed by atoms with van der Waals surface area (Å²) in [7, 11) is 1.66. The van der Waals surface area contributed by atoms with Gasteiger partial charge < -0.3 is 9.47 Å².